The Balaban J connectivity index is 1.66. The molecular formula is C20H19FN2O2S. The number of H-pyrrole nitrogens is 1. The molecule has 0 unspecified atom stereocenters. The minimum atomic E-state index is -0.462. The van der Waals surface area contributed by atoms with Crippen molar-refractivity contribution in [2.45, 2.75) is 19.6 Å². The third kappa shape index (κ3) is 3.96. The zero-order valence-corrected chi connectivity index (χ0v) is 15.4. The first-order valence-corrected chi connectivity index (χ1v) is 9.35. The number of aromatic nitrogens is 1. The van der Waals surface area contributed by atoms with Gasteiger partial charge < -0.3 is 10.3 Å². The second-order valence-corrected chi connectivity index (χ2v) is 7.10. The highest BCUT2D eigenvalue weighted by atomic mass is 32.2. The molecule has 3 rings (SSSR count). The number of aromatic amines is 1. The number of hydrogen-bond donors (Lipinski definition) is 2. The van der Waals surface area contributed by atoms with E-state index in [1.54, 1.807) is 18.2 Å². The molecule has 3 aromatic rings. The first-order chi connectivity index (χ1) is 12.5. The van der Waals surface area contributed by atoms with Crippen LogP contribution in [-0.4, -0.2) is 16.6 Å². The van der Waals surface area contributed by atoms with E-state index in [0.717, 1.165) is 22.3 Å². The minimum absolute atomic E-state index is 0.0340. The van der Waals surface area contributed by atoms with Crippen LogP contribution in [0.4, 0.5) is 10.1 Å². The van der Waals surface area contributed by atoms with Gasteiger partial charge in [0.2, 0.25) is 5.91 Å². The lowest BCUT2D eigenvalue weighted by atomic mass is 10.0. The van der Waals surface area contributed by atoms with E-state index in [1.807, 2.05) is 26.0 Å². The first kappa shape index (κ1) is 18.2. The van der Waals surface area contributed by atoms with Crippen LogP contribution in [0.3, 0.4) is 0 Å². The van der Waals surface area contributed by atoms with Crippen molar-refractivity contribution >= 4 is 34.3 Å². The smallest absolute Gasteiger partial charge is 0.234 e. The van der Waals surface area contributed by atoms with Crippen LogP contribution in [0, 0.1) is 19.7 Å². The standard InChI is InChI=1S/C20H19FN2O2S/c1-12-7-8-15-18(24)9-14(22-20(15)13(12)2)10-26-11-19(25)23-17-6-4-3-5-16(17)21/h3-9H,10-11H2,1-2H3,(H,22,24)(H,23,25). The number of rotatable bonds is 5. The van der Waals surface area contributed by atoms with E-state index in [0.29, 0.717) is 11.1 Å². The fourth-order valence-corrected chi connectivity index (χ4v) is 3.43. The fraction of sp³-hybridized carbons (Fsp3) is 0.200. The molecule has 2 aromatic carbocycles. The van der Waals surface area contributed by atoms with Crippen molar-refractivity contribution in [1.29, 1.82) is 0 Å². The average molecular weight is 370 g/mol. The number of fused-ring (bicyclic) bond motifs is 1. The third-order valence-electron chi connectivity index (χ3n) is 4.23. The van der Waals surface area contributed by atoms with E-state index < -0.39 is 5.82 Å². The van der Waals surface area contributed by atoms with Crippen LogP contribution in [-0.2, 0) is 10.5 Å². The highest BCUT2D eigenvalue weighted by Crippen LogP contribution is 2.19. The predicted octanol–water partition coefficient (Wildman–Crippen LogP) is 4.16. The third-order valence-corrected chi connectivity index (χ3v) is 5.21. The SMILES string of the molecule is Cc1ccc2c(=O)cc(CSCC(=O)Nc3ccccc3F)[nH]c2c1C. The fourth-order valence-electron chi connectivity index (χ4n) is 2.70. The van der Waals surface area contributed by atoms with E-state index in [9.17, 15) is 14.0 Å². The Morgan fingerprint density at radius 3 is 2.73 bits per heavy atom. The molecule has 1 amide bonds. The summed E-state index contributed by atoms with van der Waals surface area (Å²) in [7, 11) is 0. The molecule has 0 atom stereocenters. The summed E-state index contributed by atoms with van der Waals surface area (Å²) >= 11 is 1.36. The van der Waals surface area contributed by atoms with Crippen LogP contribution >= 0.6 is 11.8 Å². The van der Waals surface area contributed by atoms with Gasteiger partial charge in [-0.2, -0.15) is 0 Å². The Bertz CT molecular complexity index is 1030. The Labute approximate surface area is 154 Å². The average Bonchev–Trinajstić information content (AvgIpc) is 2.60. The van der Waals surface area contributed by atoms with E-state index in [-0.39, 0.29) is 22.8 Å². The summed E-state index contributed by atoms with van der Waals surface area (Å²) in [5.74, 6) is -0.0874. The van der Waals surface area contributed by atoms with Gasteiger partial charge in [-0.05, 0) is 43.2 Å². The summed E-state index contributed by atoms with van der Waals surface area (Å²) in [5, 5.41) is 3.21. The molecule has 0 aliphatic rings. The Kier molecular flexibility index (Phi) is 5.42. The molecule has 0 bridgehead atoms. The molecule has 26 heavy (non-hydrogen) atoms. The molecule has 1 aromatic heterocycles. The number of para-hydroxylation sites is 1. The molecule has 0 aliphatic heterocycles. The Morgan fingerprint density at radius 1 is 1.19 bits per heavy atom. The minimum Gasteiger partial charge on any atom is -0.357 e. The van der Waals surface area contributed by atoms with Crippen LogP contribution in [0.1, 0.15) is 16.8 Å². The number of thioether (sulfide) groups is 1. The van der Waals surface area contributed by atoms with Crippen LogP contribution < -0.4 is 10.7 Å². The summed E-state index contributed by atoms with van der Waals surface area (Å²) in [6, 6.07) is 11.4. The van der Waals surface area contributed by atoms with Crippen molar-refractivity contribution in [3.63, 3.8) is 0 Å². The van der Waals surface area contributed by atoms with Gasteiger partial charge in [0.15, 0.2) is 5.43 Å². The molecule has 4 nitrogen and oxygen atoms in total. The summed E-state index contributed by atoms with van der Waals surface area (Å²) in [6.45, 7) is 3.98. The zero-order chi connectivity index (χ0) is 18.7. The van der Waals surface area contributed by atoms with E-state index in [4.69, 9.17) is 0 Å². The molecule has 0 spiro atoms. The van der Waals surface area contributed by atoms with Gasteiger partial charge in [-0.1, -0.05) is 18.2 Å². The molecule has 0 aliphatic carbocycles. The first-order valence-electron chi connectivity index (χ1n) is 8.20. The molecule has 6 heteroatoms. The van der Waals surface area contributed by atoms with Gasteiger partial charge in [0.1, 0.15) is 5.82 Å². The van der Waals surface area contributed by atoms with Gasteiger partial charge in [0.25, 0.3) is 0 Å². The summed E-state index contributed by atoms with van der Waals surface area (Å²) < 4.78 is 13.5. The van der Waals surface area contributed by atoms with Gasteiger partial charge in [0, 0.05) is 22.9 Å². The monoisotopic (exact) mass is 370 g/mol. The normalized spacial score (nSPS) is 10.9. The molecule has 0 saturated heterocycles. The van der Waals surface area contributed by atoms with Crippen molar-refractivity contribution in [2.75, 3.05) is 11.1 Å². The largest absolute Gasteiger partial charge is 0.357 e. The maximum Gasteiger partial charge on any atom is 0.234 e. The Hall–Kier alpha value is -2.60. The second-order valence-electron chi connectivity index (χ2n) is 6.11. The molecule has 0 saturated carbocycles. The topological polar surface area (TPSA) is 62.0 Å². The maximum absolute atomic E-state index is 13.5. The van der Waals surface area contributed by atoms with Gasteiger partial charge in [-0.3, -0.25) is 9.59 Å². The van der Waals surface area contributed by atoms with Gasteiger partial charge in [0.05, 0.1) is 17.0 Å². The number of nitrogens with one attached hydrogen (secondary N) is 2. The number of aryl methyl sites for hydroxylation is 2. The number of halogens is 1. The second kappa shape index (κ2) is 7.74. The summed E-state index contributed by atoms with van der Waals surface area (Å²) in [4.78, 5) is 27.5. The van der Waals surface area contributed by atoms with Crippen molar-refractivity contribution in [1.82, 2.24) is 4.98 Å². The van der Waals surface area contributed by atoms with E-state index in [2.05, 4.69) is 10.3 Å². The number of pyridine rings is 1. The number of carbonyl (C=O) groups excluding carboxylic acids is 1. The number of amides is 1. The van der Waals surface area contributed by atoms with Crippen LogP contribution in [0.15, 0.2) is 47.3 Å². The lowest BCUT2D eigenvalue weighted by Crippen LogP contribution is -2.15. The quantitative estimate of drug-likeness (QED) is 0.709. The molecule has 0 radical (unpaired) electrons. The lowest BCUT2D eigenvalue weighted by molar-refractivity contribution is -0.113. The number of anilines is 1. The maximum atomic E-state index is 13.5. The van der Waals surface area contributed by atoms with Crippen LogP contribution in [0.2, 0.25) is 0 Å². The number of benzene rings is 2. The predicted molar refractivity (Wildman–Crippen MR) is 105 cm³/mol. The Morgan fingerprint density at radius 2 is 1.96 bits per heavy atom. The number of carbonyl (C=O) groups is 1. The lowest BCUT2D eigenvalue weighted by Gasteiger charge is -2.09. The highest BCUT2D eigenvalue weighted by molar-refractivity contribution is 7.99. The molecule has 134 valence electrons. The van der Waals surface area contributed by atoms with Crippen molar-refractivity contribution in [3.05, 3.63) is 75.3 Å². The van der Waals surface area contributed by atoms with Gasteiger partial charge in [-0.25, -0.2) is 4.39 Å². The summed E-state index contributed by atoms with van der Waals surface area (Å²) in [6.07, 6.45) is 0. The molecule has 2 N–H and O–H groups in total. The van der Waals surface area contributed by atoms with E-state index in [1.165, 1.54) is 23.9 Å². The van der Waals surface area contributed by atoms with Crippen LogP contribution in [0.25, 0.3) is 10.9 Å². The number of hydrogen-bond acceptors (Lipinski definition) is 3. The van der Waals surface area contributed by atoms with Crippen molar-refractivity contribution in [2.24, 2.45) is 0 Å². The molecular weight excluding hydrogens is 351 g/mol. The van der Waals surface area contributed by atoms with Crippen molar-refractivity contribution in [3.8, 4) is 0 Å². The zero-order valence-electron chi connectivity index (χ0n) is 14.6. The molecule has 1 heterocycles. The van der Waals surface area contributed by atoms with Crippen LogP contribution in [0.5, 0.6) is 0 Å². The summed E-state index contributed by atoms with van der Waals surface area (Å²) in [5.41, 5.74) is 3.89. The van der Waals surface area contributed by atoms with Crippen molar-refractivity contribution < 1.29 is 9.18 Å². The van der Waals surface area contributed by atoms with E-state index >= 15 is 0 Å². The van der Waals surface area contributed by atoms with Gasteiger partial charge >= 0.3 is 0 Å². The molecule has 0 fully saturated rings. The highest BCUT2D eigenvalue weighted by Gasteiger charge is 2.09. The van der Waals surface area contributed by atoms with Gasteiger partial charge in [-0.15, -0.1) is 11.8 Å².